The molecule has 0 saturated carbocycles. The lowest BCUT2D eigenvalue weighted by molar-refractivity contribution is 0.679. The van der Waals surface area contributed by atoms with E-state index in [9.17, 15) is 0 Å². The molecule has 2 rings (SSSR count). The van der Waals surface area contributed by atoms with Crippen LogP contribution in [0.2, 0.25) is 0 Å². The summed E-state index contributed by atoms with van der Waals surface area (Å²) >= 11 is 2.31. The van der Waals surface area contributed by atoms with Gasteiger partial charge in [-0.15, -0.1) is 0 Å². The molecule has 0 spiro atoms. The molecule has 1 heterocycles. The third-order valence-corrected chi connectivity index (χ3v) is 2.99. The predicted octanol–water partition coefficient (Wildman–Crippen LogP) is 2.98. The minimum absolute atomic E-state index is 0.812. The van der Waals surface area contributed by atoms with Crippen LogP contribution >= 0.6 is 22.6 Å². The Kier molecular flexibility index (Phi) is 4.30. The second-order valence-corrected chi connectivity index (χ2v) is 4.80. The molecule has 0 bridgehead atoms. The summed E-state index contributed by atoms with van der Waals surface area (Å²) in [6.45, 7) is 1.69. The lowest BCUT2D eigenvalue weighted by Crippen LogP contribution is -2.13. The van der Waals surface area contributed by atoms with Crippen molar-refractivity contribution in [3.63, 3.8) is 0 Å². The van der Waals surface area contributed by atoms with Crippen molar-refractivity contribution >= 4 is 22.6 Å². The maximum atomic E-state index is 4.26. The SMILES string of the molecule is Ic1ccc(CNCc2ccccn2)cc1. The Balaban J connectivity index is 1.82. The van der Waals surface area contributed by atoms with Crippen molar-refractivity contribution in [2.45, 2.75) is 13.1 Å². The van der Waals surface area contributed by atoms with E-state index in [2.05, 4.69) is 57.2 Å². The Hall–Kier alpha value is -0.940. The molecule has 0 radical (unpaired) electrons. The van der Waals surface area contributed by atoms with Gasteiger partial charge in [-0.3, -0.25) is 4.98 Å². The Bertz CT molecular complexity index is 425. The Morgan fingerprint density at radius 3 is 2.50 bits per heavy atom. The summed E-state index contributed by atoms with van der Waals surface area (Å²) in [6.07, 6.45) is 1.82. The summed E-state index contributed by atoms with van der Waals surface area (Å²) in [4.78, 5) is 4.26. The van der Waals surface area contributed by atoms with Crippen LogP contribution in [0.3, 0.4) is 0 Å². The van der Waals surface area contributed by atoms with E-state index in [1.165, 1.54) is 9.13 Å². The number of nitrogens with zero attached hydrogens (tertiary/aromatic N) is 1. The van der Waals surface area contributed by atoms with Crippen LogP contribution in [0.4, 0.5) is 0 Å². The summed E-state index contributed by atoms with van der Waals surface area (Å²) < 4.78 is 1.27. The standard InChI is InChI=1S/C13H13IN2/c14-12-6-4-11(5-7-12)9-15-10-13-3-1-2-8-16-13/h1-8,15H,9-10H2. The van der Waals surface area contributed by atoms with Gasteiger partial charge in [-0.05, 0) is 52.4 Å². The highest BCUT2D eigenvalue weighted by molar-refractivity contribution is 14.1. The average Bonchev–Trinajstić information content (AvgIpc) is 2.33. The van der Waals surface area contributed by atoms with E-state index in [1.54, 1.807) is 0 Å². The van der Waals surface area contributed by atoms with Crippen molar-refractivity contribution in [2.24, 2.45) is 0 Å². The first kappa shape index (κ1) is 11.5. The topological polar surface area (TPSA) is 24.9 Å². The molecule has 0 fully saturated rings. The van der Waals surface area contributed by atoms with Crippen molar-refractivity contribution in [1.82, 2.24) is 10.3 Å². The number of hydrogen-bond donors (Lipinski definition) is 1. The zero-order chi connectivity index (χ0) is 11.2. The van der Waals surface area contributed by atoms with Crippen LogP contribution in [0.15, 0.2) is 48.7 Å². The molecule has 16 heavy (non-hydrogen) atoms. The highest BCUT2D eigenvalue weighted by Crippen LogP contribution is 2.06. The number of rotatable bonds is 4. The fraction of sp³-hybridized carbons (Fsp3) is 0.154. The number of aromatic nitrogens is 1. The van der Waals surface area contributed by atoms with Gasteiger partial charge in [-0.1, -0.05) is 18.2 Å². The van der Waals surface area contributed by atoms with Crippen LogP contribution in [0.25, 0.3) is 0 Å². The molecule has 1 aromatic heterocycles. The second-order valence-electron chi connectivity index (χ2n) is 3.55. The van der Waals surface area contributed by atoms with E-state index in [1.807, 2.05) is 24.4 Å². The first-order valence-electron chi connectivity index (χ1n) is 5.20. The van der Waals surface area contributed by atoms with Crippen LogP contribution < -0.4 is 5.32 Å². The molecule has 3 heteroatoms. The smallest absolute Gasteiger partial charge is 0.0541 e. The van der Waals surface area contributed by atoms with Gasteiger partial charge in [0.1, 0.15) is 0 Å². The minimum Gasteiger partial charge on any atom is -0.307 e. The highest BCUT2D eigenvalue weighted by atomic mass is 127. The lowest BCUT2D eigenvalue weighted by Gasteiger charge is -2.04. The molecule has 0 unspecified atom stereocenters. The molecule has 0 aliphatic carbocycles. The van der Waals surface area contributed by atoms with Gasteiger partial charge in [0.05, 0.1) is 5.69 Å². The fourth-order valence-electron chi connectivity index (χ4n) is 1.44. The Morgan fingerprint density at radius 2 is 1.81 bits per heavy atom. The molecule has 0 aliphatic heterocycles. The minimum atomic E-state index is 0.812. The highest BCUT2D eigenvalue weighted by Gasteiger charge is 1.94. The molecular formula is C13H13IN2. The van der Waals surface area contributed by atoms with Crippen LogP contribution in [-0.2, 0) is 13.1 Å². The third-order valence-electron chi connectivity index (χ3n) is 2.27. The molecule has 1 N–H and O–H groups in total. The van der Waals surface area contributed by atoms with Gasteiger partial charge < -0.3 is 5.32 Å². The largest absolute Gasteiger partial charge is 0.307 e. The summed E-state index contributed by atoms with van der Waals surface area (Å²) in [5.74, 6) is 0. The van der Waals surface area contributed by atoms with Crippen molar-refractivity contribution in [1.29, 1.82) is 0 Å². The van der Waals surface area contributed by atoms with Crippen molar-refractivity contribution in [2.75, 3.05) is 0 Å². The molecule has 2 nitrogen and oxygen atoms in total. The molecule has 1 aromatic carbocycles. The van der Waals surface area contributed by atoms with Gasteiger partial charge in [0.2, 0.25) is 0 Å². The third kappa shape index (κ3) is 3.57. The van der Waals surface area contributed by atoms with Gasteiger partial charge in [0.25, 0.3) is 0 Å². The lowest BCUT2D eigenvalue weighted by atomic mass is 10.2. The van der Waals surface area contributed by atoms with Gasteiger partial charge >= 0.3 is 0 Å². The van der Waals surface area contributed by atoms with E-state index in [4.69, 9.17) is 0 Å². The van der Waals surface area contributed by atoms with Crippen LogP contribution in [0.5, 0.6) is 0 Å². The van der Waals surface area contributed by atoms with Crippen LogP contribution in [0.1, 0.15) is 11.3 Å². The van der Waals surface area contributed by atoms with Gasteiger partial charge in [0, 0.05) is 22.9 Å². The Morgan fingerprint density at radius 1 is 1.00 bits per heavy atom. The zero-order valence-corrected chi connectivity index (χ0v) is 11.0. The van der Waals surface area contributed by atoms with Crippen molar-refractivity contribution < 1.29 is 0 Å². The zero-order valence-electron chi connectivity index (χ0n) is 8.86. The van der Waals surface area contributed by atoms with Gasteiger partial charge in [0.15, 0.2) is 0 Å². The quantitative estimate of drug-likeness (QED) is 0.875. The molecule has 0 atom stereocenters. The van der Waals surface area contributed by atoms with E-state index in [-0.39, 0.29) is 0 Å². The van der Waals surface area contributed by atoms with Gasteiger partial charge in [-0.25, -0.2) is 0 Å². The summed E-state index contributed by atoms with van der Waals surface area (Å²) in [6, 6.07) is 14.5. The first-order valence-corrected chi connectivity index (χ1v) is 6.27. The van der Waals surface area contributed by atoms with Crippen LogP contribution in [0, 0.1) is 3.57 Å². The number of nitrogens with one attached hydrogen (secondary N) is 1. The van der Waals surface area contributed by atoms with E-state index >= 15 is 0 Å². The molecule has 0 saturated heterocycles. The van der Waals surface area contributed by atoms with Gasteiger partial charge in [-0.2, -0.15) is 0 Å². The Labute approximate surface area is 109 Å². The molecule has 0 amide bonds. The van der Waals surface area contributed by atoms with E-state index in [0.717, 1.165) is 18.8 Å². The number of hydrogen-bond acceptors (Lipinski definition) is 2. The second kappa shape index (κ2) is 5.96. The molecule has 0 aliphatic rings. The molecule has 2 aromatic rings. The summed E-state index contributed by atoms with van der Waals surface area (Å²) in [5, 5.41) is 3.37. The van der Waals surface area contributed by atoms with Crippen LogP contribution in [-0.4, -0.2) is 4.98 Å². The summed E-state index contributed by atoms with van der Waals surface area (Å²) in [5.41, 5.74) is 2.38. The van der Waals surface area contributed by atoms with E-state index < -0.39 is 0 Å². The van der Waals surface area contributed by atoms with Crippen molar-refractivity contribution in [3.05, 3.63) is 63.5 Å². The first-order chi connectivity index (χ1) is 7.84. The molecule has 82 valence electrons. The summed E-state index contributed by atoms with van der Waals surface area (Å²) in [7, 11) is 0. The normalized spacial score (nSPS) is 10.3. The average molecular weight is 324 g/mol. The predicted molar refractivity (Wildman–Crippen MR) is 73.9 cm³/mol. The number of benzene rings is 1. The fourth-order valence-corrected chi connectivity index (χ4v) is 1.80. The van der Waals surface area contributed by atoms with Crippen molar-refractivity contribution in [3.8, 4) is 0 Å². The maximum Gasteiger partial charge on any atom is 0.0541 e. The number of pyridine rings is 1. The maximum absolute atomic E-state index is 4.26. The monoisotopic (exact) mass is 324 g/mol. The van der Waals surface area contributed by atoms with E-state index in [0.29, 0.717) is 0 Å². The number of halogens is 1. The molecular weight excluding hydrogens is 311 g/mol.